The number of nitrogens with one attached hydrogen (secondary N) is 1. The number of phenols is 1. The molecule has 0 fully saturated rings. The Hall–Kier alpha value is -2.50. The number of hydrogen-bond acceptors (Lipinski definition) is 8. The Kier molecular flexibility index (Phi) is 6.04. The lowest BCUT2D eigenvalue weighted by molar-refractivity contribution is -0.385. The van der Waals surface area contributed by atoms with Gasteiger partial charge in [0, 0.05) is 16.1 Å². The fourth-order valence-corrected chi connectivity index (χ4v) is 4.41. The number of aromatic nitrogens is 1. The lowest BCUT2D eigenvalue weighted by Crippen LogP contribution is -2.19. The highest BCUT2D eigenvalue weighted by Crippen LogP contribution is 2.32. The van der Waals surface area contributed by atoms with Gasteiger partial charge in [0.05, 0.1) is 27.1 Å². The van der Waals surface area contributed by atoms with Crippen LogP contribution in [0.15, 0.2) is 50.3 Å². The monoisotopic (exact) mass is 466 g/mol. The number of aromatic hydroxyl groups is 1. The van der Waals surface area contributed by atoms with Gasteiger partial charge in [-0.2, -0.15) is 5.10 Å². The highest BCUT2D eigenvalue weighted by molar-refractivity contribution is 9.10. The van der Waals surface area contributed by atoms with E-state index in [1.165, 1.54) is 35.2 Å². The number of nitrogens with zero attached hydrogens (tertiary/aromatic N) is 3. The Bertz CT molecular complexity index is 1020. The summed E-state index contributed by atoms with van der Waals surface area (Å²) < 4.78 is 2.23. The van der Waals surface area contributed by atoms with Gasteiger partial charge in [-0.15, -0.1) is 11.3 Å². The van der Waals surface area contributed by atoms with Crippen LogP contribution < -0.4 is 5.43 Å². The van der Waals surface area contributed by atoms with Crippen LogP contribution in [0.1, 0.15) is 5.56 Å². The van der Waals surface area contributed by atoms with Crippen LogP contribution in [0.3, 0.4) is 0 Å². The molecule has 11 heteroatoms. The Morgan fingerprint density at radius 1 is 1.44 bits per heavy atom. The highest BCUT2D eigenvalue weighted by Gasteiger charge is 2.17. The van der Waals surface area contributed by atoms with Crippen LogP contribution in [0.5, 0.6) is 5.75 Å². The number of para-hydroxylation sites is 1. The van der Waals surface area contributed by atoms with Crippen LogP contribution in [0, 0.1) is 10.1 Å². The summed E-state index contributed by atoms with van der Waals surface area (Å²) in [6, 6.07) is 10.3. The Morgan fingerprint density at radius 2 is 2.22 bits per heavy atom. The summed E-state index contributed by atoms with van der Waals surface area (Å²) in [7, 11) is 0. The second kappa shape index (κ2) is 8.46. The van der Waals surface area contributed by atoms with E-state index in [1.807, 2.05) is 24.3 Å². The Morgan fingerprint density at radius 3 is 2.96 bits per heavy atom. The van der Waals surface area contributed by atoms with Gasteiger partial charge in [0.2, 0.25) is 5.75 Å². The number of benzene rings is 2. The number of nitro benzene ring substituents is 1. The molecule has 0 aliphatic heterocycles. The van der Waals surface area contributed by atoms with Crippen molar-refractivity contribution in [1.29, 1.82) is 0 Å². The molecule has 0 unspecified atom stereocenters. The minimum Gasteiger partial charge on any atom is -0.502 e. The van der Waals surface area contributed by atoms with Gasteiger partial charge in [-0.1, -0.05) is 39.8 Å². The molecule has 138 valence electrons. The molecule has 27 heavy (non-hydrogen) atoms. The van der Waals surface area contributed by atoms with Gasteiger partial charge in [-0.25, -0.2) is 10.4 Å². The molecule has 3 aromatic rings. The summed E-state index contributed by atoms with van der Waals surface area (Å²) in [5.41, 5.74) is 2.86. The molecule has 2 N–H and O–H groups in total. The molecule has 0 spiro atoms. The number of thioether (sulfide) groups is 1. The van der Waals surface area contributed by atoms with E-state index in [4.69, 9.17) is 0 Å². The number of carbonyl (C=O) groups excluding carboxylic acids is 1. The standard InChI is InChI=1S/C16H11BrN4O4S2/c17-10-5-9(15(23)12(6-10)21(24)25)7-18-20-14(22)8-26-16-19-11-3-1-2-4-13(11)27-16/h1-7,23H,8H2,(H,20,22). The summed E-state index contributed by atoms with van der Waals surface area (Å²) in [5.74, 6) is -0.772. The fraction of sp³-hybridized carbons (Fsp3) is 0.0625. The molecular formula is C16H11BrN4O4S2. The zero-order valence-electron chi connectivity index (χ0n) is 13.5. The fourth-order valence-electron chi connectivity index (χ4n) is 2.09. The molecule has 0 aliphatic carbocycles. The molecule has 1 amide bonds. The third kappa shape index (κ3) is 4.81. The number of fused-ring (bicyclic) bond motifs is 1. The van der Waals surface area contributed by atoms with Crippen molar-refractivity contribution in [2.45, 2.75) is 4.34 Å². The minimum atomic E-state index is -0.704. The van der Waals surface area contributed by atoms with E-state index in [2.05, 4.69) is 31.4 Å². The summed E-state index contributed by atoms with van der Waals surface area (Å²) in [6.07, 6.45) is 1.15. The first-order valence-corrected chi connectivity index (χ1v) is 10.0. The van der Waals surface area contributed by atoms with Gasteiger partial charge in [-0.3, -0.25) is 14.9 Å². The molecule has 0 saturated heterocycles. The Labute approximate surface area is 169 Å². The van der Waals surface area contributed by atoms with Crippen LogP contribution in [0.25, 0.3) is 10.2 Å². The van der Waals surface area contributed by atoms with Crippen molar-refractivity contribution in [3.63, 3.8) is 0 Å². The SMILES string of the molecule is O=C(CSc1nc2ccccc2s1)NN=Cc1cc(Br)cc([N+](=O)[O-])c1O. The van der Waals surface area contributed by atoms with Crippen molar-refractivity contribution in [1.82, 2.24) is 10.4 Å². The number of hydrogen-bond donors (Lipinski definition) is 2. The molecule has 0 saturated carbocycles. The largest absolute Gasteiger partial charge is 0.502 e. The van der Waals surface area contributed by atoms with Crippen molar-refractivity contribution >= 4 is 67.1 Å². The first-order valence-electron chi connectivity index (χ1n) is 7.41. The number of carbonyl (C=O) groups is 1. The summed E-state index contributed by atoms with van der Waals surface area (Å²) >= 11 is 5.91. The van der Waals surface area contributed by atoms with Gasteiger partial charge in [0.25, 0.3) is 5.91 Å². The summed E-state index contributed by atoms with van der Waals surface area (Å²) in [6.45, 7) is 0. The van der Waals surface area contributed by atoms with Gasteiger partial charge in [0.1, 0.15) is 0 Å². The first kappa shape index (κ1) is 19.3. The molecule has 0 aliphatic rings. The molecule has 0 bridgehead atoms. The summed E-state index contributed by atoms with van der Waals surface area (Å²) in [5, 5.41) is 24.5. The van der Waals surface area contributed by atoms with Gasteiger partial charge < -0.3 is 5.11 Å². The predicted molar refractivity (Wildman–Crippen MR) is 109 cm³/mol. The third-order valence-electron chi connectivity index (χ3n) is 3.27. The molecule has 2 aromatic carbocycles. The van der Waals surface area contributed by atoms with Crippen LogP contribution in [0.4, 0.5) is 5.69 Å². The quantitative estimate of drug-likeness (QED) is 0.246. The van der Waals surface area contributed by atoms with Crippen molar-refractivity contribution in [3.8, 4) is 5.75 Å². The van der Waals surface area contributed by atoms with Crippen molar-refractivity contribution < 1.29 is 14.8 Å². The van der Waals surface area contributed by atoms with Crippen LogP contribution in [-0.4, -0.2) is 32.9 Å². The number of thiazole rings is 1. The number of phenolic OH excluding ortho intramolecular Hbond substituents is 1. The van der Waals surface area contributed by atoms with Gasteiger partial charge >= 0.3 is 5.69 Å². The number of rotatable bonds is 6. The average molecular weight is 467 g/mol. The number of nitro groups is 1. The zero-order chi connectivity index (χ0) is 19.4. The van der Waals surface area contributed by atoms with E-state index >= 15 is 0 Å². The second-order valence-electron chi connectivity index (χ2n) is 5.15. The highest BCUT2D eigenvalue weighted by atomic mass is 79.9. The molecule has 0 atom stereocenters. The van der Waals surface area contributed by atoms with Gasteiger partial charge in [-0.05, 0) is 18.2 Å². The van der Waals surface area contributed by atoms with Crippen LogP contribution in [-0.2, 0) is 4.79 Å². The van der Waals surface area contributed by atoms with E-state index in [0.29, 0.717) is 4.47 Å². The van der Waals surface area contributed by atoms with Gasteiger partial charge in [0.15, 0.2) is 4.34 Å². The lowest BCUT2D eigenvalue weighted by atomic mass is 10.2. The maximum Gasteiger partial charge on any atom is 0.312 e. The maximum absolute atomic E-state index is 11.9. The first-order chi connectivity index (χ1) is 12.9. The third-order valence-corrected chi connectivity index (χ3v) is 5.91. The predicted octanol–water partition coefficient (Wildman–Crippen LogP) is 3.92. The average Bonchev–Trinajstić information content (AvgIpc) is 3.05. The van der Waals surface area contributed by atoms with Crippen molar-refractivity contribution in [3.05, 3.63) is 56.5 Å². The molecule has 8 nitrogen and oxygen atoms in total. The smallest absolute Gasteiger partial charge is 0.312 e. The molecule has 3 rings (SSSR count). The summed E-state index contributed by atoms with van der Waals surface area (Å²) in [4.78, 5) is 26.5. The molecular weight excluding hydrogens is 456 g/mol. The number of amides is 1. The van der Waals surface area contributed by atoms with E-state index in [1.54, 1.807) is 0 Å². The molecule has 1 heterocycles. The lowest BCUT2D eigenvalue weighted by Gasteiger charge is -2.02. The normalized spacial score (nSPS) is 11.1. The van der Waals surface area contributed by atoms with Crippen molar-refractivity contribution in [2.24, 2.45) is 5.10 Å². The minimum absolute atomic E-state index is 0.107. The Balaban J connectivity index is 1.59. The maximum atomic E-state index is 11.9. The number of hydrazone groups is 1. The van der Waals surface area contributed by atoms with E-state index < -0.39 is 16.4 Å². The number of halogens is 1. The van der Waals surface area contributed by atoms with E-state index in [-0.39, 0.29) is 17.2 Å². The topological polar surface area (TPSA) is 118 Å². The second-order valence-corrected chi connectivity index (χ2v) is 8.32. The zero-order valence-corrected chi connectivity index (χ0v) is 16.7. The van der Waals surface area contributed by atoms with Crippen molar-refractivity contribution in [2.75, 3.05) is 5.75 Å². The van der Waals surface area contributed by atoms with Crippen LogP contribution in [0.2, 0.25) is 0 Å². The van der Waals surface area contributed by atoms with E-state index in [9.17, 15) is 20.0 Å². The van der Waals surface area contributed by atoms with E-state index in [0.717, 1.165) is 20.8 Å². The molecule has 0 radical (unpaired) electrons. The van der Waals surface area contributed by atoms with Crippen LogP contribution >= 0.6 is 39.0 Å². The molecule has 1 aromatic heterocycles.